The van der Waals surface area contributed by atoms with Crippen molar-refractivity contribution >= 4 is 33.4 Å². The third-order valence-electron chi connectivity index (χ3n) is 1.72. The monoisotopic (exact) mass is 277 g/mol. The number of hydrogen-bond acceptors (Lipinski definition) is 2. The van der Waals surface area contributed by atoms with E-state index in [9.17, 15) is 4.79 Å². The summed E-state index contributed by atoms with van der Waals surface area (Å²) in [7, 11) is 2.98. The Balaban J connectivity index is 3.02. The summed E-state index contributed by atoms with van der Waals surface area (Å²) in [5, 5.41) is 1.72. The highest BCUT2D eigenvalue weighted by Crippen LogP contribution is 2.22. The topological polar surface area (TPSA) is 29.5 Å². The van der Waals surface area contributed by atoms with E-state index in [4.69, 9.17) is 16.4 Å². The molecule has 0 unspecified atom stereocenters. The third-order valence-corrected chi connectivity index (χ3v) is 2.61. The molecular formula is C9H9BrClNO2. The molecule has 0 aliphatic heterocycles. The Morgan fingerprint density at radius 2 is 2.21 bits per heavy atom. The van der Waals surface area contributed by atoms with Gasteiger partial charge >= 0.3 is 0 Å². The first-order chi connectivity index (χ1) is 6.56. The van der Waals surface area contributed by atoms with Crippen molar-refractivity contribution in [2.45, 2.75) is 0 Å². The molecule has 5 heteroatoms. The molecule has 76 valence electrons. The average Bonchev–Trinajstić information content (AvgIpc) is 2.15. The predicted octanol–water partition coefficient (Wildman–Crippen LogP) is 2.74. The summed E-state index contributed by atoms with van der Waals surface area (Å²) in [6.45, 7) is 0. The summed E-state index contributed by atoms with van der Waals surface area (Å²) < 4.78 is 0.652. The fourth-order valence-electron chi connectivity index (χ4n) is 0.915. The highest BCUT2D eigenvalue weighted by atomic mass is 79.9. The first kappa shape index (κ1) is 11.5. The predicted molar refractivity (Wildman–Crippen MR) is 58.3 cm³/mol. The number of carbonyl (C=O) groups excluding carboxylic acids is 1. The Hall–Kier alpha value is -0.580. The maximum absolute atomic E-state index is 11.6. The second kappa shape index (κ2) is 4.77. The molecule has 0 atom stereocenters. The Morgan fingerprint density at radius 1 is 1.57 bits per heavy atom. The average molecular weight is 279 g/mol. The van der Waals surface area contributed by atoms with Crippen molar-refractivity contribution in [2.75, 3.05) is 14.2 Å². The molecule has 0 fully saturated rings. The lowest BCUT2D eigenvalue weighted by Crippen LogP contribution is -2.25. The lowest BCUT2D eigenvalue weighted by molar-refractivity contribution is -0.0757. The summed E-state index contributed by atoms with van der Waals surface area (Å²) in [6.07, 6.45) is 0. The van der Waals surface area contributed by atoms with E-state index in [1.165, 1.54) is 7.11 Å². The van der Waals surface area contributed by atoms with Gasteiger partial charge in [0.2, 0.25) is 0 Å². The molecule has 0 saturated carbocycles. The van der Waals surface area contributed by atoms with Crippen LogP contribution in [0, 0.1) is 0 Å². The van der Waals surface area contributed by atoms with Crippen molar-refractivity contribution in [1.82, 2.24) is 5.06 Å². The van der Waals surface area contributed by atoms with Crippen molar-refractivity contribution in [3.8, 4) is 0 Å². The minimum absolute atomic E-state index is 0.226. The number of amides is 1. The van der Waals surface area contributed by atoms with Crippen molar-refractivity contribution in [3.05, 3.63) is 33.3 Å². The van der Waals surface area contributed by atoms with Crippen LogP contribution in [-0.4, -0.2) is 25.1 Å². The number of benzene rings is 1. The van der Waals surface area contributed by atoms with Gasteiger partial charge in [0.05, 0.1) is 12.7 Å². The van der Waals surface area contributed by atoms with E-state index >= 15 is 0 Å². The summed E-state index contributed by atoms with van der Waals surface area (Å²) >= 11 is 9.01. The zero-order valence-electron chi connectivity index (χ0n) is 7.75. The number of carbonyl (C=O) groups is 1. The summed E-state index contributed by atoms with van der Waals surface area (Å²) in [6, 6.07) is 4.96. The van der Waals surface area contributed by atoms with E-state index in [1.54, 1.807) is 25.2 Å². The number of halogens is 2. The molecular weight excluding hydrogens is 269 g/mol. The van der Waals surface area contributed by atoms with Crippen LogP contribution in [0.15, 0.2) is 22.7 Å². The molecule has 14 heavy (non-hydrogen) atoms. The molecule has 0 radical (unpaired) electrons. The van der Waals surface area contributed by atoms with E-state index in [1.807, 2.05) is 0 Å². The van der Waals surface area contributed by atoms with E-state index in [2.05, 4.69) is 15.9 Å². The normalized spacial score (nSPS) is 10.0. The van der Waals surface area contributed by atoms with Gasteiger partial charge in [-0.25, -0.2) is 5.06 Å². The van der Waals surface area contributed by atoms with Crippen LogP contribution in [0.25, 0.3) is 0 Å². The van der Waals surface area contributed by atoms with Gasteiger partial charge in [-0.05, 0) is 34.1 Å². The maximum atomic E-state index is 11.6. The SMILES string of the molecule is CON(C)C(=O)c1ccc(Cl)cc1Br. The molecule has 1 amide bonds. The lowest BCUT2D eigenvalue weighted by Gasteiger charge is -2.14. The van der Waals surface area contributed by atoms with Crippen LogP contribution in [0.3, 0.4) is 0 Å². The Labute approximate surface area is 95.7 Å². The van der Waals surface area contributed by atoms with Gasteiger partial charge in [-0.15, -0.1) is 0 Å². The summed E-state index contributed by atoms with van der Waals surface area (Å²) in [4.78, 5) is 16.4. The number of nitrogens with zero attached hydrogens (tertiary/aromatic N) is 1. The van der Waals surface area contributed by atoms with Gasteiger partial charge in [-0.3, -0.25) is 9.63 Å². The van der Waals surface area contributed by atoms with Crippen molar-refractivity contribution in [1.29, 1.82) is 0 Å². The van der Waals surface area contributed by atoms with Crippen molar-refractivity contribution in [3.63, 3.8) is 0 Å². The number of rotatable bonds is 2. The Morgan fingerprint density at radius 3 is 2.71 bits per heavy atom. The highest BCUT2D eigenvalue weighted by molar-refractivity contribution is 9.10. The quantitative estimate of drug-likeness (QED) is 0.779. The van der Waals surface area contributed by atoms with Crippen LogP contribution in [0.1, 0.15) is 10.4 Å². The molecule has 1 aromatic rings. The first-order valence-electron chi connectivity index (χ1n) is 3.83. The van der Waals surface area contributed by atoms with Gasteiger partial charge in [0.1, 0.15) is 0 Å². The highest BCUT2D eigenvalue weighted by Gasteiger charge is 2.14. The van der Waals surface area contributed by atoms with Crippen LogP contribution in [0.2, 0.25) is 5.02 Å². The van der Waals surface area contributed by atoms with Crippen LogP contribution in [0.5, 0.6) is 0 Å². The van der Waals surface area contributed by atoms with Gasteiger partial charge in [0.15, 0.2) is 0 Å². The molecule has 0 aliphatic rings. The van der Waals surface area contributed by atoms with Crippen molar-refractivity contribution < 1.29 is 9.63 Å². The molecule has 0 spiro atoms. The van der Waals surface area contributed by atoms with E-state index in [0.29, 0.717) is 15.1 Å². The molecule has 0 bridgehead atoms. The van der Waals surface area contributed by atoms with E-state index in [0.717, 1.165) is 5.06 Å². The van der Waals surface area contributed by atoms with Crippen LogP contribution >= 0.6 is 27.5 Å². The largest absolute Gasteiger partial charge is 0.278 e. The first-order valence-corrected chi connectivity index (χ1v) is 5.00. The van der Waals surface area contributed by atoms with Gasteiger partial charge in [0, 0.05) is 16.5 Å². The Kier molecular flexibility index (Phi) is 3.92. The second-order valence-electron chi connectivity index (χ2n) is 2.61. The van der Waals surface area contributed by atoms with Gasteiger partial charge < -0.3 is 0 Å². The van der Waals surface area contributed by atoms with Gasteiger partial charge in [-0.1, -0.05) is 11.6 Å². The van der Waals surface area contributed by atoms with E-state index in [-0.39, 0.29) is 5.91 Å². The molecule has 0 aliphatic carbocycles. The van der Waals surface area contributed by atoms with Gasteiger partial charge in [-0.2, -0.15) is 0 Å². The lowest BCUT2D eigenvalue weighted by atomic mass is 10.2. The zero-order valence-corrected chi connectivity index (χ0v) is 10.1. The minimum atomic E-state index is -0.226. The van der Waals surface area contributed by atoms with Gasteiger partial charge in [0.25, 0.3) is 5.91 Å². The van der Waals surface area contributed by atoms with Crippen LogP contribution < -0.4 is 0 Å². The molecule has 1 aromatic carbocycles. The van der Waals surface area contributed by atoms with Crippen LogP contribution in [-0.2, 0) is 4.84 Å². The third kappa shape index (κ3) is 2.47. The maximum Gasteiger partial charge on any atom is 0.278 e. The summed E-state index contributed by atoms with van der Waals surface area (Å²) in [5.41, 5.74) is 0.513. The zero-order chi connectivity index (χ0) is 10.7. The molecule has 0 heterocycles. The molecule has 0 saturated heterocycles. The number of hydrogen-bond donors (Lipinski definition) is 0. The summed E-state index contributed by atoms with van der Waals surface area (Å²) in [5.74, 6) is -0.226. The van der Waals surface area contributed by atoms with E-state index < -0.39 is 0 Å². The molecule has 1 rings (SSSR count). The number of hydroxylamine groups is 2. The van der Waals surface area contributed by atoms with Crippen LogP contribution in [0.4, 0.5) is 0 Å². The minimum Gasteiger partial charge on any atom is -0.274 e. The standard InChI is InChI=1S/C9H9BrClNO2/c1-12(14-2)9(13)7-4-3-6(11)5-8(7)10/h3-5H,1-2H3. The molecule has 3 nitrogen and oxygen atoms in total. The fourth-order valence-corrected chi connectivity index (χ4v) is 1.77. The smallest absolute Gasteiger partial charge is 0.274 e. The Bertz CT molecular complexity index is 357. The molecule has 0 aromatic heterocycles. The fraction of sp³-hybridized carbons (Fsp3) is 0.222. The second-order valence-corrected chi connectivity index (χ2v) is 3.90. The van der Waals surface area contributed by atoms with Crippen molar-refractivity contribution in [2.24, 2.45) is 0 Å². The molecule has 0 N–H and O–H groups in total.